The molecule has 1 N–H and O–H groups in total. The summed E-state index contributed by atoms with van der Waals surface area (Å²) < 4.78 is 8.27. The van der Waals surface area contributed by atoms with Crippen LogP contribution in [-0.2, 0) is 21.1 Å². The van der Waals surface area contributed by atoms with Crippen LogP contribution in [0.5, 0.6) is 17.4 Å². The number of hydrogen-bond donors (Lipinski definition) is 1. The number of aromatic hydroxyl groups is 1. The Balaban J connectivity index is 0.00000252. The molecule has 0 atom stereocenters. The molecule has 0 fully saturated rings. The monoisotopic (exact) mass is 661 g/mol. The van der Waals surface area contributed by atoms with Gasteiger partial charge in [-0.05, 0) is 53.6 Å². The first kappa shape index (κ1) is 23.2. The molecule has 7 aromatic rings. The van der Waals surface area contributed by atoms with Crippen molar-refractivity contribution < 1.29 is 30.9 Å². The molecule has 4 aromatic carbocycles. The molecule has 0 aliphatic rings. The van der Waals surface area contributed by atoms with Gasteiger partial charge in [0.2, 0.25) is 5.88 Å². The number of pyridine rings is 2. The number of nitrogens with zero attached hydrogens (tertiary/aromatic N) is 3. The number of para-hydroxylation sites is 1. The van der Waals surface area contributed by atoms with Gasteiger partial charge in [-0.25, -0.2) is 9.97 Å². The number of hydrogen-bond acceptors (Lipinski definition) is 4. The van der Waals surface area contributed by atoms with Gasteiger partial charge < -0.3 is 14.4 Å². The first-order valence-corrected chi connectivity index (χ1v) is 11.7. The van der Waals surface area contributed by atoms with Gasteiger partial charge in [0.1, 0.15) is 17.1 Å². The van der Waals surface area contributed by atoms with Crippen LogP contribution in [-0.4, -0.2) is 19.6 Å². The number of aryl methyl sites for hydroxylation is 1. The Morgan fingerprint density at radius 3 is 2.49 bits per heavy atom. The molecule has 6 heteroatoms. The molecular formula is C31H20N3O2Pt-. The summed E-state index contributed by atoms with van der Waals surface area (Å²) in [5.74, 6) is 1.90. The summed E-state index contributed by atoms with van der Waals surface area (Å²) in [6.07, 6.45) is 1.82. The van der Waals surface area contributed by atoms with Crippen molar-refractivity contribution in [1.29, 1.82) is 0 Å². The molecule has 0 bridgehead atoms. The first-order chi connectivity index (χ1) is 17.7. The van der Waals surface area contributed by atoms with E-state index in [9.17, 15) is 5.11 Å². The molecule has 3 heterocycles. The summed E-state index contributed by atoms with van der Waals surface area (Å²) in [6.45, 7) is 2.06. The average molecular weight is 662 g/mol. The summed E-state index contributed by atoms with van der Waals surface area (Å²) in [7, 11) is 0. The van der Waals surface area contributed by atoms with Crippen LogP contribution in [0.15, 0.2) is 97.2 Å². The van der Waals surface area contributed by atoms with Gasteiger partial charge in [-0.15, -0.1) is 17.5 Å². The standard InChI is InChI=1S/C31H20N3O2.Pt/c1-19-14-15-32-28(16-19)34-26-9-5-4-8-24(26)25-12-11-22(18-27(25)34)36-29-13-10-21-17-20-6-2-3-7-23(20)31(35)30(21)33-29;/h2-17,35H,1H3;/q-1;. The Hall–Kier alpha value is -4.21. The summed E-state index contributed by atoms with van der Waals surface area (Å²) >= 11 is 0. The smallest absolute Gasteiger partial charge is 0.217 e. The van der Waals surface area contributed by atoms with Crippen LogP contribution in [0.25, 0.3) is 49.3 Å². The van der Waals surface area contributed by atoms with E-state index in [1.54, 1.807) is 0 Å². The van der Waals surface area contributed by atoms with Crippen molar-refractivity contribution in [1.82, 2.24) is 14.5 Å². The number of benzene rings is 4. The Kier molecular flexibility index (Phi) is 5.66. The molecule has 0 aliphatic heterocycles. The van der Waals surface area contributed by atoms with Crippen LogP contribution in [0, 0.1) is 13.0 Å². The average Bonchev–Trinajstić information content (AvgIpc) is 3.23. The molecule has 0 radical (unpaired) electrons. The number of rotatable bonds is 3. The van der Waals surface area contributed by atoms with Crippen molar-refractivity contribution in [2.45, 2.75) is 6.92 Å². The van der Waals surface area contributed by atoms with Gasteiger partial charge in [0.25, 0.3) is 0 Å². The second-order valence-electron chi connectivity index (χ2n) is 8.90. The summed E-state index contributed by atoms with van der Waals surface area (Å²) in [5, 5.41) is 15.6. The molecule has 37 heavy (non-hydrogen) atoms. The van der Waals surface area contributed by atoms with Crippen molar-refractivity contribution in [2.24, 2.45) is 0 Å². The number of aromatic nitrogens is 3. The maximum Gasteiger partial charge on any atom is 0.217 e. The third-order valence-corrected chi connectivity index (χ3v) is 6.55. The van der Waals surface area contributed by atoms with Crippen LogP contribution in [0.2, 0.25) is 0 Å². The fourth-order valence-corrected chi connectivity index (χ4v) is 4.88. The van der Waals surface area contributed by atoms with E-state index in [0.717, 1.165) is 49.3 Å². The summed E-state index contributed by atoms with van der Waals surface area (Å²) in [5.41, 5.74) is 3.57. The molecule has 7 rings (SSSR count). The fourth-order valence-electron chi connectivity index (χ4n) is 4.88. The first-order valence-electron chi connectivity index (χ1n) is 11.7. The minimum Gasteiger partial charge on any atom is -0.505 e. The van der Waals surface area contributed by atoms with E-state index in [1.165, 1.54) is 0 Å². The molecule has 0 saturated carbocycles. The SMILES string of the molecule is Cc1ccnc(-n2c3[c-]c(Oc4ccc5cc6ccccc6c(O)c5n4)ccc3c3ccccc32)c1.[Pt]. The van der Waals surface area contributed by atoms with Crippen molar-refractivity contribution in [3.05, 3.63) is 109 Å². The van der Waals surface area contributed by atoms with Gasteiger partial charge in [0.15, 0.2) is 0 Å². The normalized spacial score (nSPS) is 11.3. The van der Waals surface area contributed by atoms with E-state index < -0.39 is 0 Å². The van der Waals surface area contributed by atoms with E-state index in [1.807, 2.05) is 79.0 Å². The molecule has 0 unspecified atom stereocenters. The Morgan fingerprint density at radius 2 is 1.62 bits per heavy atom. The van der Waals surface area contributed by atoms with Crippen LogP contribution >= 0.6 is 0 Å². The topological polar surface area (TPSA) is 60.2 Å². The molecular weight excluding hydrogens is 641 g/mol. The van der Waals surface area contributed by atoms with Crippen molar-refractivity contribution in [2.75, 3.05) is 0 Å². The fraction of sp³-hybridized carbons (Fsp3) is 0.0323. The molecule has 0 saturated heterocycles. The van der Waals surface area contributed by atoms with Gasteiger partial charge in [-0.2, -0.15) is 6.07 Å². The zero-order valence-electron chi connectivity index (χ0n) is 19.8. The zero-order chi connectivity index (χ0) is 24.2. The molecule has 0 spiro atoms. The largest absolute Gasteiger partial charge is 0.505 e. The Labute approximate surface area is 227 Å². The minimum absolute atomic E-state index is 0. The minimum atomic E-state index is 0. The van der Waals surface area contributed by atoms with E-state index in [2.05, 4.69) is 45.7 Å². The second-order valence-corrected chi connectivity index (χ2v) is 8.90. The predicted molar refractivity (Wildman–Crippen MR) is 143 cm³/mol. The number of phenolic OH excluding ortho intramolecular Hbond substituents is 1. The quantitative estimate of drug-likeness (QED) is 0.158. The van der Waals surface area contributed by atoms with Crippen molar-refractivity contribution in [3.8, 4) is 23.2 Å². The maximum atomic E-state index is 10.9. The van der Waals surface area contributed by atoms with Crippen LogP contribution in [0.3, 0.4) is 0 Å². The van der Waals surface area contributed by atoms with Crippen LogP contribution in [0.1, 0.15) is 5.56 Å². The van der Waals surface area contributed by atoms with Gasteiger partial charge >= 0.3 is 0 Å². The van der Waals surface area contributed by atoms with Crippen molar-refractivity contribution >= 4 is 43.5 Å². The Bertz CT molecular complexity index is 1960. The number of ether oxygens (including phenoxy) is 1. The Morgan fingerprint density at radius 1 is 0.811 bits per heavy atom. The molecule has 0 aliphatic carbocycles. The molecule has 5 nitrogen and oxygen atoms in total. The van der Waals surface area contributed by atoms with Crippen molar-refractivity contribution in [3.63, 3.8) is 0 Å². The van der Waals surface area contributed by atoms with Gasteiger partial charge in [0.05, 0.1) is 0 Å². The van der Waals surface area contributed by atoms with Gasteiger partial charge in [-0.3, -0.25) is 0 Å². The second kappa shape index (κ2) is 9.02. The van der Waals surface area contributed by atoms with Gasteiger partial charge in [0, 0.05) is 55.4 Å². The zero-order valence-corrected chi connectivity index (χ0v) is 22.0. The number of fused-ring (bicyclic) bond motifs is 5. The molecule has 182 valence electrons. The summed E-state index contributed by atoms with van der Waals surface area (Å²) in [6, 6.07) is 33.2. The third kappa shape index (κ3) is 3.83. The van der Waals surface area contributed by atoms with E-state index in [4.69, 9.17) is 4.74 Å². The maximum absolute atomic E-state index is 10.9. The molecule has 0 amide bonds. The van der Waals surface area contributed by atoms with E-state index in [0.29, 0.717) is 17.1 Å². The predicted octanol–water partition coefficient (Wildman–Crippen LogP) is 7.48. The summed E-state index contributed by atoms with van der Waals surface area (Å²) in [4.78, 5) is 9.25. The van der Waals surface area contributed by atoms with Gasteiger partial charge in [-0.1, -0.05) is 48.0 Å². The van der Waals surface area contributed by atoms with Crippen LogP contribution in [0.4, 0.5) is 0 Å². The third-order valence-electron chi connectivity index (χ3n) is 6.55. The van der Waals surface area contributed by atoms with E-state index >= 15 is 0 Å². The molecule has 3 aromatic heterocycles. The number of phenols is 1. The van der Waals surface area contributed by atoms with E-state index in [-0.39, 0.29) is 26.8 Å². The van der Waals surface area contributed by atoms with Crippen LogP contribution < -0.4 is 4.74 Å².